The predicted molar refractivity (Wildman–Crippen MR) is 74.1 cm³/mol. The van der Waals surface area contributed by atoms with Gasteiger partial charge in [-0.25, -0.2) is 8.78 Å². The van der Waals surface area contributed by atoms with Crippen molar-refractivity contribution in [1.29, 1.82) is 0 Å². The number of halogens is 3. The van der Waals surface area contributed by atoms with E-state index in [4.69, 9.17) is 11.6 Å². The summed E-state index contributed by atoms with van der Waals surface area (Å²) in [6, 6.07) is 4.05. The summed E-state index contributed by atoms with van der Waals surface area (Å²) in [5.41, 5.74) is 4.12. The van der Waals surface area contributed by atoms with Crippen LogP contribution in [-0.4, -0.2) is 10.5 Å². The molecule has 0 spiro atoms. The Hall–Kier alpha value is -2.41. The van der Waals surface area contributed by atoms with E-state index < -0.39 is 23.1 Å². The molecule has 1 aromatic heterocycles. The van der Waals surface area contributed by atoms with Crippen molar-refractivity contribution in [2.75, 3.05) is 5.43 Å². The SMILES string of the molecule is Cn1cc(C(=O)NNc2ccc(F)cc2F)cc(Cl)c1=O. The lowest BCUT2D eigenvalue weighted by atomic mass is 10.2. The van der Waals surface area contributed by atoms with E-state index in [2.05, 4.69) is 10.9 Å². The van der Waals surface area contributed by atoms with Crippen molar-refractivity contribution in [2.45, 2.75) is 0 Å². The molecule has 21 heavy (non-hydrogen) atoms. The topological polar surface area (TPSA) is 63.1 Å². The van der Waals surface area contributed by atoms with E-state index in [1.165, 1.54) is 19.3 Å². The normalized spacial score (nSPS) is 10.3. The Morgan fingerprint density at radius 1 is 1.29 bits per heavy atom. The third kappa shape index (κ3) is 3.38. The zero-order valence-electron chi connectivity index (χ0n) is 10.8. The minimum atomic E-state index is -0.853. The second-order valence-corrected chi connectivity index (χ2v) is 4.60. The summed E-state index contributed by atoms with van der Waals surface area (Å²) >= 11 is 5.69. The molecule has 0 unspecified atom stereocenters. The molecule has 0 saturated heterocycles. The van der Waals surface area contributed by atoms with Crippen LogP contribution in [0, 0.1) is 11.6 Å². The molecule has 0 aliphatic carbocycles. The molecule has 2 rings (SSSR count). The number of aryl methyl sites for hydroxylation is 1. The quantitative estimate of drug-likeness (QED) is 0.853. The number of carbonyl (C=O) groups excluding carboxylic acids is 1. The fourth-order valence-electron chi connectivity index (χ4n) is 1.58. The molecule has 0 aliphatic heterocycles. The van der Waals surface area contributed by atoms with E-state index in [1.807, 2.05) is 0 Å². The van der Waals surface area contributed by atoms with Crippen molar-refractivity contribution in [3.05, 3.63) is 63.0 Å². The highest BCUT2D eigenvalue weighted by molar-refractivity contribution is 6.30. The van der Waals surface area contributed by atoms with Crippen LogP contribution in [0.25, 0.3) is 0 Å². The number of pyridine rings is 1. The molecule has 8 heteroatoms. The Bertz CT molecular complexity index is 735. The third-order valence-corrected chi connectivity index (χ3v) is 2.91. The highest BCUT2D eigenvalue weighted by Gasteiger charge is 2.10. The van der Waals surface area contributed by atoms with E-state index in [-0.39, 0.29) is 16.3 Å². The number of hydrogen-bond acceptors (Lipinski definition) is 3. The number of hydrazine groups is 1. The molecule has 1 aromatic carbocycles. The number of hydrogen-bond donors (Lipinski definition) is 2. The summed E-state index contributed by atoms with van der Waals surface area (Å²) in [4.78, 5) is 23.3. The lowest BCUT2D eigenvalue weighted by molar-refractivity contribution is 0.0962. The minimum Gasteiger partial charge on any atom is -0.317 e. The molecule has 0 bridgehead atoms. The van der Waals surface area contributed by atoms with Gasteiger partial charge in [-0.05, 0) is 18.2 Å². The van der Waals surface area contributed by atoms with Gasteiger partial charge in [-0.3, -0.25) is 20.4 Å². The van der Waals surface area contributed by atoms with Crippen LogP contribution in [0.4, 0.5) is 14.5 Å². The summed E-state index contributed by atoms with van der Waals surface area (Å²) in [5, 5.41) is -0.113. The molecular weight excluding hydrogens is 304 g/mol. The van der Waals surface area contributed by atoms with Gasteiger partial charge in [0.05, 0.1) is 11.3 Å². The molecule has 0 aliphatic rings. The van der Waals surface area contributed by atoms with Gasteiger partial charge in [0.2, 0.25) is 0 Å². The van der Waals surface area contributed by atoms with Gasteiger partial charge in [-0.15, -0.1) is 0 Å². The smallest absolute Gasteiger partial charge is 0.271 e. The number of amides is 1. The van der Waals surface area contributed by atoms with Gasteiger partial charge < -0.3 is 4.57 Å². The van der Waals surface area contributed by atoms with Crippen LogP contribution in [0.3, 0.4) is 0 Å². The van der Waals surface area contributed by atoms with Crippen molar-refractivity contribution in [3.63, 3.8) is 0 Å². The minimum absolute atomic E-state index is 0.0966. The van der Waals surface area contributed by atoms with Gasteiger partial charge in [0.1, 0.15) is 10.8 Å². The Morgan fingerprint density at radius 2 is 2.00 bits per heavy atom. The van der Waals surface area contributed by atoms with Gasteiger partial charge in [0.15, 0.2) is 5.82 Å². The van der Waals surface area contributed by atoms with Crippen LogP contribution >= 0.6 is 11.6 Å². The van der Waals surface area contributed by atoms with E-state index in [0.717, 1.165) is 16.7 Å². The van der Waals surface area contributed by atoms with Crippen LogP contribution in [-0.2, 0) is 7.05 Å². The summed E-state index contributed by atoms with van der Waals surface area (Å²) in [5.74, 6) is -2.21. The summed E-state index contributed by atoms with van der Waals surface area (Å²) in [7, 11) is 1.44. The molecule has 1 amide bonds. The number of aromatic nitrogens is 1. The molecule has 0 radical (unpaired) electrons. The fourth-order valence-corrected chi connectivity index (χ4v) is 1.83. The Balaban J connectivity index is 2.13. The Kier molecular flexibility index (Phi) is 4.23. The molecule has 110 valence electrons. The molecule has 0 saturated carbocycles. The van der Waals surface area contributed by atoms with Gasteiger partial charge in [0, 0.05) is 19.3 Å². The van der Waals surface area contributed by atoms with Crippen LogP contribution in [0.5, 0.6) is 0 Å². The molecule has 1 heterocycles. The van der Waals surface area contributed by atoms with Crippen molar-refractivity contribution in [2.24, 2.45) is 7.05 Å². The second kappa shape index (κ2) is 5.92. The number of anilines is 1. The first kappa shape index (κ1) is 15.0. The zero-order chi connectivity index (χ0) is 15.6. The first-order valence-electron chi connectivity index (χ1n) is 5.76. The average molecular weight is 314 g/mol. The van der Waals surface area contributed by atoms with Crippen LogP contribution in [0.2, 0.25) is 5.02 Å². The first-order valence-corrected chi connectivity index (χ1v) is 6.14. The Morgan fingerprint density at radius 3 is 2.62 bits per heavy atom. The number of carbonyl (C=O) groups is 1. The van der Waals surface area contributed by atoms with E-state index in [9.17, 15) is 18.4 Å². The maximum absolute atomic E-state index is 13.4. The van der Waals surface area contributed by atoms with Gasteiger partial charge in [-0.1, -0.05) is 11.6 Å². The highest BCUT2D eigenvalue weighted by atomic mass is 35.5. The van der Waals surface area contributed by atoms with E-state index in [0.29, 0.717) is 6.07 Å². The summed E-state index contributed by atoms with van der Waals surface area (Å²) in [6.07, 6.45) is 1.28. The first-order chi connectivity index (χ1) is 9.88. The van der Waals surface area contributed by atoms with Crippen LogP contribution < -0.4 is 16.4 Å². The number of nitrogens with zero attached hydrogens (tertiary/aromatic N) is 1. The standard InChI is InChI=1S/C13H10ClF2N3O2/c1-19-6-7(4-9(14)13(19)21)12(20)18-17-11-3-2-8(15)5-10(11)16/h2-6,17H,1H3,(H,18,20). The molecular formula is C13H10ClF2N3O2. The average Bonchev–Trinajstić information content (AvgIpc) is 2.43. The van der Waals surface area contributed by atoms with Crippen molar-refractivity contribution in [1.82, 2.24) is 9.99 Å². The molecule has 0 fully saturated rings. The number of nitrogens with one attached hydrogen (secondary N) is 2. The number of benzene rings is 1. The molecule has 2 N–H and O–H groups in total. The third-order valence-electron chi connectivity index (χ3n) is 2.64. The van der Waals surface area contributed by atoms with E-state index >= 15 is 0 Å². The monoisotopic (exact) mass is 313 g/mol. The van der Waals surface area contributed by atoms with E-state index in [1.54, 1.807) is 0 Å². The van der Waals surface area contributed by atoms with Gasteiger partial charge in [-0.2, -0.15) is 0 Å². The lowest BCUT2D eigenvalue weighted by Gasteiger charge is -2.10. The number of rotatable bonds is 3. The van der Waals surface area contributed by atoms with Crippen molar-refractivity contribution >= 4 is 23.2 Å². The van der Waals surface area contributed by atoms with Crippen LogP contribution in [0.15, 0.2) is 35.3 Å². The predicted octanol–water partition coefficient (Wildman–Crippen LogP) is 2.07. The molecule has 0 atom stereocenters. The largest absolute Gasteiger partial charge is 0.317 e. The molecule has 2 aromatic rings. The summed E-state index contributed by atoms with van der Waals surface area (Å²) in [6.45, 7) is 0. The molecule has 5 nitrogen and oxygen atoms in total. The van der Waals surface area contributed by atoms with Gasteiger partial charge in [0.25, 0.3) is 11.5 Å². The second-order valence-electron chi connectivity index (χ2n) is 4.20. The van der Waals surface area contributed by atoms with Crippen molar-refractivity contribution in [3.8, 4) is 0 Å². The maximum Gasteiger partial charge on any atom is 0.271 e. The Labute approximate surface area is 123 Å². The fraction of sp³-hybridized carbons (Fsp3) is 0.0769. The van der Waals surface area contributed by atoms with Crippen LogP contribution in [0.1, 0.15) is 10.4 Å². The highest BCUT2D eigenvalue weighted by Crippen LogP contribution is 2.14. The van der Waals surface area contributed by atoms with Crippen molar-refractivity contribution < 1.29 is 13.6 Å². The van der Waals surface area contributed by atoms with Gasteiger partial charge >= 0.3 is 0 Å². The zero-order valence-corrected chi connectivity index (χ0v) is 11.5. The lowest BCUT2D eigenvalue weighted by Crippen LogP contribution is -2.31. The maximum atomic E-state index is 13.4. The summed E-state index contributed by atoms with van der Waals surface area (Å²) < 4.78 is 27.2.